The van der Waals surface area contributed by atoms with Crippen LogP contribution in [0.4, 0.5) is 0 Å². The molecule has 0 saturated carbocycles. The number of amides is 2. The fraction of sp³-hybridized carbons (Fsp3) is 0.267. The van der Waals surface area contributed by atoms with E-state index >= 15 is 0 Å². The van der Waals surface area contributed by atoms with Crippen LogP contribution >= 0.6 is 0 Å². The number of carboxylic acid groups (broad SMARTS) is 1. The second kappa shape index (κ2) is 8.38. The second-order valence-electron chi connectivity index (χ2n) is 4.24. The fourth-order valence-electron chi connectivity index (χ4n) is 1.57. The van der Waals surface area contributed by atoms with Gasteiger partial charge < -0.3 is 15.7 Å². The normalized spacial score (nSPS) is 11.0. The summed E-state index contributed by atoms with van der Waals surface area (Å²) in [7, 11) is 0. The van der Waals surface area contributed by atoms with E-state index in [0.29, 0.717) is 5.56 Å². The number of carboxylic acids is 1. The van der Waals surface area contributed by atoms with E-state index in [0.717, 1.165) is 0 Å². The van der Waals surface area contributed by atoms with Crippen molar-refractivity contribution in [2.24, 2.45) is 0 Å². The summed E-state index contributed by atoms with van der Waals surface area (Å²) < 4.78 is 0. The first-order valence-corrected chi connectivity index (χ1v) is 6.33. The summed E-state index contributed by atoms with van der Waals surface area (Å²) in [6.07, 6.45) is 4.92. The molecule has 6 nitrogen and oxygen atoms in total. The van der Waals surface area contributed by atoms with Gasteiger partial charge in [0.1, 0.15) is 6.04 Å². The van der Waals surface area contributed by atoms with Crippen LogP contribution < -0.4 is 10.6 Å². The Morgan fingerprint density at radius 1 is 1.24 bits per heavy atom. The Hall–Kier alpha value is -2.81. The van der Waals surface area contributed by atoms with E-state index in [-0.39, 0.29) is 25.3 Å². The molecule has 0 aliphatic carbocycles. The zero-order valence-corrected chi connectivity index (χ0v) is 11.3. The molecule has 1 atom stereocenters. The average molecular weight is 288 g/mol. The number of aliphatic carboxylic acids is 1. The zero-order valence-electron chi connectivity index (χ0n) is 11.3. The Morgan fingerprint density at radius 2 is 1.90 bits per heavy atom. The molecule has 0 fully saturated rings. The van der Waals surface area contributed by atoms with Crippen LogP contribution in [0.25, 0.3) is 0 Å². The predicted molar refractivity (Wildman–Crippen MR) is 76.4 cm³/mol. The minimum absolute atomic E-state index is 0.0209. The van der Waals surface area contributed by atoms with Gasteiger partial charge in [0.15, 0.2) is 0 Å². The summed E-state index contributed by atoms with van der Waals surface area (Å²) >= 11 is 0. The van der Waals surface area contributed by atoms with Gasteiger partial charge in [-0.3, -0.25) is 9.59 Å². The highest BCUT2D eigenvalue weighted by Crippen LogP contribution is 1.98. The molecule has 0 bridgehead atoms. The average Bonchev–Trinajstić information content (AvgIpc) is 2.47. The van der Waals surface area contributed by atoms with E-state index in [2.05, 4.69) is 16.6 Å². The van der Waals surface area contributed by atoms with Crippen LogP contribution in [0.2, 0.25) is 0 Å². The van der Waals surface area contributed by atoms with Gasteiger partial charge in [-0.15, -0.1) is 12.3 Å². The molecule has 21 heavy (non-hydrogen) atoms. The van der Waals surface area contributed by atoms with E-state index in [1.165, 1.54) is 0 Å². The quantitative estimate of drug-likeness (QED) is 0.633. The van der Waals surface area contributed by atoms with Crippen molar-refractivity contribution < 1.29 is 19.5 Å². The van der Waals surface area contributed by atoms with Crippen LogP contribution in [0.5, 0.6) is 0 Å². The highest BCUT2D eigenvalue weighted by molar-refractivity contribution is 5.94. The summed E-state index contributed by atoms with van der Waals surface area (Å²) in [5.74, 6) is 0.229. The molecule has 0 aromatic heterocycles. The van der Waals surface area contributed by atoms with Gasteiger partial charge in [-0.2, -0.15) is 0 Å². The standard InChI is InChI=1S/C15H16N2O4/c1-2-6-12(15(20)21)17-13(18)9-10-16-14(19)11-7-4-3-5-8-11/h1,3-5,7-8,12H,6,9-10H2,(H,16,19)(H,17,18)(H,20,21). The monoisotopic (exact) mass is 288 g/mol. The van der Waals surface area contributed by atoms with Gasteiger partial charge in [0.2, 0.25) is 5.91 Å². The third kappa shape index (κ3) is 5.78. The lowest BCUT2D eigenvalue weighted by molar-refractivity contribution is -0.141. The van der Waals surface area contributed by atoms with Crippen molar-refractivity contribution in [1.82, 2.24) is 10.6 Å². The molecule has 2 amide bonds. The Kier molecular flexibility index (Phi) is 6.48. The molecule has 0 spiro atoms. The first-order chi connectivity index (χ1) is 10.0. The van der Waals surface area contributed by atoms with Gasteiger partial charge in [-0.05, 0) is 12.1 Å². The van der Waals surface area contributed by atoms with Crippen LogP contribution in [0.3, 0.4) is 0 Å². The van der Waals surface area contributed by atoms with Gasteiger partial charge in [-0.25, -0.2) is 4.79 Å². The number of rotatable bonds is 7. The Labute approximate surface area is 122 Å². The lowest BCUT2D eigenvalue weighted by atomic mass is 10.2. The highest BCUT2D eigenvalue weighted by Gasteiger charge is 2.18. The fourth-order valence-corrected chi connectivity index (χ4v) is 1.57. The van der Waals surface area contributed by atoms with Crippen molar-refractivity contribution in [2.45, 2.75) is 18.9 Å². The molecule has 1 unspecified atom stereocenters. The molecule has 0 heterocycles. The summed E-state index contributed by atoms with van der Waals surface area (Å²) in [4.78, 5) is 34.1. The van der Waals surface area contributed by atoms with E-state index in [9.17, 15) is 14.4 Å². The van der Waals surface area contributed by atoms with Crippen LogP contribution in [0.1, 0.15) is 23.2 Å². The van der Waals surface area contributed by atoms with Crippen molar-refractivity contribution >= 4 is 17.8 Å². The molecule has 1 rings (SSSR count). The maximum Gasteiger partial charge on any atom is 0.327 e. The van der Waals surface area contributed by atoms with Gasteiger partial charge in [0, 0.05) is 24.9 Å². The molecule has 3 N–H and O–H groups in total. The molecule has 0 aliphatic rings. The first kappa shape index (κ1) is 16.2. The molecule has 6 heteroatoms. The van der Waals surface area contributed by atoms with Gasteiger partial charge in [0.05, 0.1) is 0 Å². The first-order valence-electron chi connectivity index (χ1n) is 6.33. The van der Waals surface area contributed by atoms with Gasteiger partial charge in [0.25, 0.3) is 5.91 Å². The lowest BCUT2D eigenvalue weighted by Crippen LogP contribution is -2.41. The Bertz CT molecular complexity index is 549. The predicted octanol–water partition coefficient (Wildman–Crippen LogP) is 0.399. The summed E-state index contributed by atoms with van der Waals surface area (Å²) in [5.41, 5.74) is 0.494. The summed E-state index contributed by atoms with van der Waals surface area (Å²) in [6, 6.07) is 7.47. The molecule has 1 aromatic rings. The Morgan fingerprint density at radius 3 is 2.48 bits per heavy atom. The number of hydrogen-bond acceptors (Lipinski definition) is 3. The number of benzene rings is 1. The van der Waals surface area contributed by atoms with Gasteiger partial charge >= 0.3 is 5.97 Å². The van der Waals surface area contributed by atoms with Crippen molar-refractivity contribution in [2.75, 3.05) is 6.54 Å². The SMILES string of the molecule is C#CCC(NC(=O)CCNC(=O)c1ccccc1)C(=O)O. The third-order valence-electron chi connectivity index (χ3n) is 2.63. The number of carbonyl (C=O) groups excluding carboxylic acids is 2. The maximum atomic E-state index is 11.7. The van der Waals surface area contributed by atoms with E-state index in [1.807, 2.05) is 0 Å². The van der Waals surface area contributed by atoms with Crippen LogP contribution in [0.15, 0.2) is 30.3 Å². The van der Waals surface area contributed by atoms with Crippen LogP contribution in [-0.2, 0) is 9.59 Å². The third-order valence-corrected chi connectivity index (χ3v) is 2.63. The van der Waals surface area contributed by atoms with Crippen molar-refractivity contribution in [3.63, 3.8) is 0 Å². The van der Waals surface area contributed by atoms with Gasteiger partial charge in [-0.1, -0.05) is 18.2 Å². The summed E-state index contributed by atoms with van der Waals surface area (Å²) in [5, 5.41) is 13.7. The van der Waals surface area contributed by atoms with Crippen molar-refractivity contribution in [3.05, 3.63) is 35.9 Å². The number of carbonyl (C=O) groups is 3. The number of terminal acetylenes is 1. The van der Waals surface area contributed by atoms with E-state index < -0.39 is 17.9 Å². The minimum atomic E-state index is -1.19. The zero-order chi connectivity index (χ0) is 15.7. The highest BCUT2D eigenvalue weighted by atomic mass is 16.4. The Balaban J connectivity index is 2.35. The molecular weight excluding hydrogens is 272 g/mol. The van der Waals surface area contributed by atoms with Crippen molar-refractivity contribution in [1.29, 1.82) is 0 Å². The summed E-state index contributed by atoms with van der Waals surface area (Å²) in [6.45, 7) is 0.113. The number of hydrogen-bond donors (Lipinski definition) is 3. The molecular formula is C15H16N2O4. The molecule has 0 radical (unpaired) electrons. The molecule has 0 saturated heterocycles. The van der Waals surface area contributed by atoms with Crippen LogP contribution in [0, 0.1) is 12.3 Å². The van der Waals surface area contributed by atoms with E-state index in [1.54, 1.807) is 30.3 Å². The smallest absolute Gasteiger partial charge is 0.327 e. The van der Waals surface area contributed by atoms with Crippen LogP contribution in [-0.4, -0.2) is 35.5 Å². The largest absolute Gasteiger partial charge is 0.480 e. The van der Waals surface area contributed by atoms with Crippen molar-refractivity contribution in [3.8, 4) is 12.3 Å². The molecule has 1 aromatic carbocycles. The number of nitrogens with one attached hydrogen (secondary N) is 2. The van der Waals surface area contributed by atoms with E-state index in [4.69, 9.17) is 11.5 Å². The second-order valence-corrected chi connectivity index (χ2v) is 4.24. The molecule has 110 valence electrons. The maximum absolute atomic E-state index is 11.7. The molecule has 0 aliphatic heterocycles. The minimum Gasteiger partial charge on any atom is -0.480 e. The topological polar surface area (TPSA) is 95.5 Å². The lowest BCUT2D eigenvalue weighted by Gasteiger charge is -2.12.